The zero-order valence-corrected chi connectivity index (χ0v) is 21.2. The van der Waals surface area contributed by atoms with Gasteiger partial charge in [-0.05, 0) is 43.0 Å². The fourth-order valence-corrected chi connectivity index (χ4v) is 3.61. The van der Waals surface area contributed by atoms with Gasteiger partial charge >= 0.3 is 6.09 Å². The van der Waals surface area contributed by atoms with E-state index in [2.05, 4.69) is 10.3 Å². The molecule has 0 atom stereocenters. The normalized spacial score (nSPS) is 14.4. The number of ether oxygens (including phenoxy) is 2. The molecule has 2 aromatic rings. The molecule has 1 fully saturated rings. The number of hydrogen-bond donors (Lipinski definition) is 2. The molecular weight excluding hydrogens is 543 g/mol. The third-order valence-corrected chi connectivity index (χ3v) is 5.44. The highest BCUT2D eigenvalue weighted by molar-refractivity contribution is 14.0. The van der Waals surface area contributed by atoms with Crippen LogP contribution >= 0.6 is 35.6 Å². The van der Waals surface area contributed by atoms with Gasteiger partial charge in [0.25, 0.3) is 0 Å². The molecule has 9 heteroatoms. The Morgan fingerprint density at radius 1 is 1.16 bits per heavy atom. The third kappa shape index (κ3) is 7.74. The maximum Gasteiger partial charge on any atom is 0.409 e. The molecule has 174 valence electrons. The largest absolute Gasteiger partial charge is 0.487 e. The molecule has 0 spiro atoms. The minimum absolute atomic E-state index is 0. The first-order chi connectivity index (χ1) is 15.1. The molecule has 0 radical (unpaired) electrons. The van der Waals surface area contributed by atoms with Gasteiger partial charge in [-0.3, -0.25) is 0 Å². The van der Waals surface area contributed by atoms with Crippen LogP contribution in [0.15, 0.2) is 53.5 Å². The van der Waals surface area contributed by atoms with E-state index in [1.165, 1.54) is 0 Å². The predicted octanol–water partition coefficient (Wildman–Crippen LogP) is 4.56. The van der Waals surface area contributed by atoms with Gasteiger partial charge in [-0.25, -0.2) is 9.79 Å². The zero-order chi connectivity index (χ0) is 22.1. The summed E-state index contributed by atoms with van der Waals surface area (Å²) in [6.45, 7) is 4.33. The minimum Gasteiger partial charge on any atom is -0.487 e. The standard InChI is InChI=1S/C23H29ClN4O3.HI/c1-2-30-23(29)28-13-11-19(12-14-28)27-22(25)26-15-17-7-3-4-8-18(17)16-31-21-10-6-5-9-20(21)24;/h3-10,19H,2,11-16H2,1H3,(H3,25,26,27);1H. The first-order valence-corrected chi connectivity index (χ1v) is 10.9. The summed E-state index contributed by atoms with van der Waals surface area (Å²) < 4.78 is 10.9. The SMILES string of the molecule is CCOC(=O)N1CCC(NC(N)=NCc2ccccc2COc2ccccc2Cl)CC1.I. The van der Waals surface area contributed by atoms with Crippen molar-refractivity contribution in [3.05, 3.63) is 64.7 Å². The van der Waals surface area contributed by atoms with Gasteiger partial charge in [0.1, 0.15) is 12.4 Å². The Morgan fingerprint density at radius 2 is 1.81 bits per heavy atom. The lowest BCUT2D eigenvalue weighted by atomic mass is 10.1. The van der Waals surface area contributed by atoms with Gasteiger partial charge < -0.3 is 25.4 Å². The Kier molecular flexibility index (Phi) is 10.9. The van der Waals surface area contributed by atoms with Gasteiger partial charge in [0, 0.05) is 19.1 Å². The molecular formula is C23H30ClIN4O3. The quantitative estimate of drug-likeness (QED) is 0.288. The van der Waals surface area contributed by atoms with Crippen molar-refractivity contribution in [3.63, 3.8) is 0 Å². The van der Waals surface area contributed by atoms with Crippen molar-refractivity contribution in [1.82, 2.24) is 10.2 Å². The Labute approximate surface area is 211 Å². The smallest absolute Gasteiger partial charge is 0.409 e. The Balaban J connectivity index is 0.00000363. The molecule has 2 aromatic carbocycles. The summed E-state index contributed by atoms with van der Waals surface area (Å²) in [5.41, 5.74) is 8.18. The highest BCUT2D eigenvalue weighted by Gasteiger charge is 2.23. The molecule has 3 rings (SSSR count). The number of aliphatic imine (C=N–C) groups is 1. The van der Waals surface area contributed by atoms with Crippen molar-refractivity contribution in [3.8, 4) is 5.75 Å². The molecule has 1 aliphatic rings. The van der Waals surface area contributed by atoms with Crippen LogP contribution in [0.1, 0.15) is 30.9 Å². The van der Waals surface area contributed by atoms with E-state index in [-0.39, 0.29) is 36.1 Å². The van der Waals surface area contributed by atoms with E-state index < -0.39 is 0 Å². The van der Waals surface area contributed by atoms with Gasteiger partial charge in [-0.15, -0.1) is 24.0 Å². The molecule has 1 heterocycles. The fourth-order valence-electron chi connectivity index (χ4n) is 3.42. The molecule has 1 saturated heterocycles. The van der Waals surface area contributed by atoms with Crippen molar-refractivity contribution in [1.29, 1.82) is 0 Å². The second kappa shape index (κ2) is 13.4. The second-order valence-corrected chi connectivity index (χ2v) is 7.70. The van der Waals surface area contributed by atoms with Crippen LogP contribution in [0.4, 0.5) is 4.79 Å². The molecule has 1 aliphatic heterocycles. The number of amides is 1. The third-order valence-electron chi connectivity index (χ3n) is 5.13. The number of likely N-dealkylation sites (tertiary alicyclic amines) is 1. The lowest BCUT2D eigenvalue weighted by Crippen LogP contribution is -2.48. The first-order valence-electron chi connectivity index (χ1n) is 10.5. The van der Waals surface area contributed by atoms with Crippen molar-refractivity contribution < 1.29 is 14.3 Å². The summed E-state index contributed by atoms with van der Waals surface area (Å²) >= 11 is 6.17. The molecule has 0 aliphatic carbocycles. The maximum absolute atomic E-state index is 11.8. The maximum atomic E-state index is 11.8. The number of carbonyl (C=O) groups is 1. The van der Waals surface area contributed by atoms with Crippen LogP contribution in [0.25, 0.3) is 0 Å². The van der Waals surface area contributed by atoms with Crippen molar-refractivity contribution in [2.45, 2.75) is 39.0 Å². The van der Waals surface area contributed by atoms with Gasteiger partial charge in [0.05, 0.1) is 18.2 Å². The number of nitrogens with zero attached hydrogens (tertiary/aromatic N) is 2. The van der Waals surface area contributed by atoms with Crippen molar-refractivity contribution in [2.75, 3.05) is 19.7 Å². The van der Waals surface area contributed by atoms with Crippen LogP contribution in [0.3, 0.4) is 0 Å². The number of nitrogens with two attached hydrogens (primary N) is 1. The number of nitrogens with one attached hydrogen (secondary N) is 1. The van der Waals surface area contributed by atoms with Crippen LogP contribution < -0.4 is 15.8 Å². The average Bonchev–Trinajstić information content (AvgIpc) is 2.78. The van der Waals surface area contributed by atoms with Crippen LogP contribution in [0.5, 0.6) is 5.75 Å². The zero-order valence-electron chi connectivity index (χ0n) is 18.1. The molecule has 0 bridgehead atoms. The van der Waals surface area contributed by atoms with Crippen LogP contribution in [-0.2, 0) is 17.9 Å². The number of carbonyl (C=O) groups excluding carboxylic acids is 1. The van der Waals surface area contributed by atoms with Gasteiger partial charge in [0.2, 0.25) is 0 Å². The van der Waals surface area contributed by atoms with E-state index in [0.717, 1.165) is 24.0 Å². The van der Waals surface area contributed by atoms with E-state index >= 15 is 0 Å². The number of rotatable bonds is 7. The van der Waals surface area contributed by atoms with Crippen LogP contribution in [0.2, 0.25) is 5.02 Å². The summed E-state index contributed by atoms with van der Waals surface area (Å²) in [5.74, 6) is 1.05. The fraction of sp³-hybridized carbons (Fsp3) is 0.391. The van der Waals surface area contributed by atoms with E-state index in [1.54, 1.807) is 11.0 Å². The van der Waals surface area contributed by atoms with Crippen molar-refractivity contribution >= 4 is 47.6 Å². The number of benzene rings is 2. The number of guanidine groups is 1. The molecule has 1 amide bonds. The molecule has 0 unspecified atom stereocenters. The summed E-state index contributed by atoms with van der Waals surface area (Å²) in [5, 5.41) is 3.85. The first kappa shape index (κ1) is 26.1. The van der Waals surface area contributed by atoms with Crippen LogP contribution in [-0.4, -0.2) is 42.7 Å². The highest BCUT2D eigenvalue weighted by atomic mass is 127. The van der Waals surface area contributed by atoms with E-state index in [0.29, 0.717) is 49.6 Å². The van der Waals surface area contributed by atoms with E-state index in [9.17, 15) is 4.79 Å². The number of halogens is 2. The minimum atomic E-state index is -0.252. The molecule has 0 saturated carbocycles. The molecule has 0 aromatic heterocycles. The van der Waals surface area contributed by atoms with E-state index in [4.69, 9.17) is 26.8 Å². The predicted molar refractivity (Wildman–Crippen MR) is 138 cm³/mol. The second-order valence-electron chi connectivity index (χ2n) is 7.29. The monoisotopic (exact) mass is 572 g/mol. The molecule has 7 nitrogen and oxygen atoms in total. The highest BCUT2D eigenvalue weighted by Crippen LogP contribution is 2.24. The van der Waals surface area contributed by atoms with Gasteiger partial charge in [-0.1, -0.05) is 48.0 Å². The van der Waals surface area contributed by atoms with E-state index in [1.807, 2.05) is 49.4 Å². The Bertz CT molecular complexity index is 904. The number of hydrogen-bond acceptors (Lipinski definition) is 4. The topological polar surface area (TPSA) is 89.2 Å². The van der Waals surface area contributed by atoms with Crippen LogP contribution in [0, 0.1) is 0 Å². The lowest BCUT2D eigenvalue weighted by molar-refractivity contribution is 0.0963. The summed E-state index contributed by atoms with van der Waals surface area (Å²) in [6.07, 6.45) is 1.35. The average molecular weight is 573 g/mol. The lowest BCUT2D eigenvalue weighted by Gasteiger charge is -2.31. The summed E-state index contributed by atoms with van der Waals surface area (Å²) in [6, 6.07) is 15.6. The Hall–Kier alpha value is -2.20. The number of piperidine rings is 1. The summed E-state index contributed by atoms with van der Waals surface area (Å²) in [7, 11) is 0. The molecule has 3 N–H and O–H groups in total. The van der Waals surface area contributed by atoms with Crippen molar-refractivity contribution in [2.24, 2.45) is 10.7 Å². The van der Waals surface area contributed by atoms with Gasteiger partial charge in [-0.2, -0.15) is 0 Å². The molecule has 32 heavy (non-hydrogen) atoms. The Morgan fingerprint density at radius 3 is 2.50 bits per heavy atom. The van der Waals surface area contributed by atoms with Gasteiger partial charge in [0.15, 0.2) is 5.96 Å². The summed E-state index contributed by atoms with van der Waals surface area (Å²) in [4.78, 5) is 18.0. The number of para-hydroxylation sites is 1.